The van der Waals surface area contributed by atoms with Crippen LogP contribution in [0.15, 0.2) is 12.1 Å². The first kappa shape index (κ1) is 13.6. The predicted molar refractivity (Wildman–Crippen MR) is 52.8 cm³/mol. The van der Waals surface area contributed by atoms with E-state index < -0.39 is 39.3 Å². The number of rotatable bonds is 2. The smallest absolute Gasteiger partial charge is 0.294 e. The van der Waals surface area contributed by atoms with Gasteiger partial charge in [-0.3, -0.25) is 14.9 Å². The Morgan fingerprint density at radius 1 is 1.44 bits per heavy atom. The van der Waals surface area contributed by atoms with Gasteiger partial charge in [-0.15, -0.1) is 0 Å². The summed E-state index contributed by atoms with van der Waals surface area (Å²) < 4.78 is 37.8. The molecule has 1 aromatic rings. The molecule has 0 aliphatic heterocycles. The molecule has 0 radical (unpaired) electrons. The molecule has 8 heteroatoms. The van der Waals surface area contributed by atoms with Gasteiger partial charge in [-0.1, -0.05) is 0 Å². The van der Waals surface area contributed by atoms with E-state index in [0.717, 1.165) is 13.0 Å². The largest absolute Gasteiger partial charge is 0.423 e. The van der Waals surface area contributed by atoms with Gasteiger partial charge in [-0.2, -0.15) is 18.4 Å². The monoisotopic (exact) mass is 258 g/mol. The van der Waals surface area contributed by atoms with Crippen molar-refractivity contribution in [1.29, 1.82) is 5.26 Å². The quantitative estimate of drug-likeness (QED) is 0.463. The number of nitrogens with zero attached hydrogens (tertiary/aromatic N) is 2. The van der Waals surface area contributed by atoms with Crippen molar-refractivity contribution in [3.05, 3.63) is 38.9 Å². The number of carbonyl (C=O) groups is 1. The van der Waals surface area contributed by atoms with Gasteiger partial charge in [0.2, 0.25) is 0 Å². The van der Waals surface area contributed by atoms with Gasteiger partial charge in [0.05, 0.1) is 10.5 Å². The van der Waals surface area contributed by atoms with E-state index in [2.05, 4.69) is 0 Å². The maximum absolute atomic E-state index is 12.6. The van der Waals surface area contributed by atoms with Crippen molar-refractivity contribution in [2.75, 3.05) is 0 Å². The molecule has 0 amide bonds. The Labute approximate surface area is 98.6 Å². The molecule has 0 aliphatic carbocycles. The minimum absolute atomic E-state index is 0.420. The summed E-state index contributed by atoms with van der Waals surface area (Å²) in [4.78, 5) is 20.6. The van der Waals surface area contributed by atoms with Gasteiger partial charge >= 0.3 is 6.18 Å². The van der Waals surface area contributed by atoms with Crippen molar-refractivity contribution in [3.8, 4) is 6.07 Å². The highest BCUT2D eigenvalue weighted by atomic mass is 19.4. The molecule has 1 rings (SSSR count). The van der Waals surface area contributed by atoms with Gasteiger partial charge in [-0.25, -0.2) is 0 Å². The van der Waals surface area contributed by atoms with Crippen LogP contribution in [0.1, 0.15) is 28.4 Å². The third kappa shape index (κ3) is 2.29. The van der Waals surface area contributed by atoms with E-state index >= 15 is 0 Å². The summed E-state index contributed by atoms with van der Waals surface area (Å²) >= 11 is 0. The molecule has 1 aromatic carbocycles. The van der Waals surface area contributed by atoms with Gasteiger partial charge < -0.3 is 0 Å². The topological polar surface area (TPSA) is 84.0 Å². The van der Waals surface area contributed by atoms with E-state index in [0.29, 0.717) is 6.07 Å². The summed E-state index contributed by atoms with van der Waals surface area (Å²) in [6.07, 6.45) is -4.97. The molecule has 0 fully saturated rings. The van der Waals surface area contributed by atoms with Crippen LogP contribution in [0.2, 0.25) is 0 Å². The Morgan fingerprint density at radius 3 is 2.33 bits per heavy atom. The summed E-state index contributed by atoms with van der Waals surface area (Å²) in [6, 6.07) is 2.62. The second kappa shape index (κ2) is 4.44. The molecule has 0 saturated heterocycles. The van der Waals surface area contributed by atoms with E-state index in [1.54, 1.807) is 0 Å². The SMILES string of the molecule is CC(=O)c1c(C#N)ccc(C(F)(F)F)c1[N+](=O)[O-]. The summed E-state index contributed by atoms with van der Waals surface area (Å²) in [6.45, 7) is 0.864. The van der Waals surface area contributed by atoms with Crippen LogP contribution >= 0.6 is 0 Å². The maximum Gasteiger partial charge on any atom is 0.423 e. The lowest BCUT2D eigenvalue weighted by Crippen LogP contribution is -2.13. The molecule has 0 N–H and O–H groups in total. The maximum atomic E-state index is 12.6. The molecule has 94 valence electrons. The van der Waals surface area contributed by atoms with Crippen molar-refractivity contribution in [3.63, 3.8) is 0 Å². The third-order valence-electron chi connectivity index (χ3n) is 2.14. The average molecular weight is 258 g/mol. The molecule has 0 spiro atoms. The van der Waals surface area contributed by atoms with E-state index in [-0.39, 0.29) is 0 Å². The van der Waals surface area contributed by atoms with Crippen LogP contribution < -0.4 is 0 Å². The molecule has 0 aliphatic rings. The van der Waals surface area contributed by atoms with E-state index in [9.17, 15) is 28.1 Å². The Morgan fingerprint density at radius 2 is 2.00 bits per heavy atom. The molecule has 0 saturated carbocycles. The standard InChI is InChI=1S/C10H5F3N2O3/c1-5(16)8-6(4-14)2-3-7(10(11,12)13)9(8)15(17)18/h2-3H,1H3. The van der Waals surface area contributed by atoms with Crippen LogP contribution in [0.5, 0.6) is 0 Å². The number of nitro benzene ring substituents is 1. The Kier molecular flexibility index (Phi) is 3.37. The van der Waals surface area contributed by atoms with Crippen LogP contribution in [0.25, 0.3) is 0 Å². The van der Waals surface area contributed by atoms with Crippen molar-refractivity contribution in [2.24, 2.45) is 0 Å². The second-order valence-electron chi connectivity index (χ2n) is 3.31. The van der Waals surface area contributed by atoms with Crippen molar-refractivity contribution in [1.82, 2.24) is 0 Å². The molecule has 18 heavy (non-hydrogen) atoms. The zero-order chi connectivity index (χ0) is 14.1. The van der Waals surface area contributed by atoms with Crippen molar-refractivity contribution >= 4 is 11.5 Å². The van der Waals surface area contributed by atoms with Crippen LogP contribution in [0, 0.1) is 21.4 Å². The fourth-order valence-electron chi connectivity index (χ4n) is 1.46. The molecule has 0 aromatic heterocycles. The van der Waals surface area contributed by atoms with Crippen LogP contribution in [0.4, 0.5) is 18.9 Å². The van der Waals surface area contributed by atoms with Crippen LogP contribution in [-0.2, 0) is 6.18 Å². The first-order valence-corrected chi connectivity index (χ1v) is 4.49. The summed E-state index contributed by atoms with van der Waals surface area (Å²) in [5, 5.41) is 19.4. The van der Waals surface area contributed by atoms with E-state index in [4.69, 9.17) is 5.26 Å². The molecule has 0 heterocycles. The number of nitro groups is 1. The highest BCUT2D eigenvalue weighted by molar-refractivity contribution is 6.01. The number of ketones is 1. The van der Waals surface area contributed by atoms with Gasteiger partial charge in [0.25, 0.3) is 5.69 Å². The number of carbonyl (C=O) groups excluding carboxylic acids is 1. The lowest BCUT2D eigenvalue weighted by atomic mass is 9.98. The number of alkyl halides is 3. The van der Waals surface area contributed by atoms with Gasteiger partial charge in [0.15, 0.2) is 5.78 Å². The molecule has 0 atom stereocenters. The molecular formula is C10H5F3N2O3. The number of nitriles is 1. The Bertz CT molecular complexity index is 573. The third-order valence-corrected chi connectivity index (χ3v) is 2.14. The first-order chi connectivity index (χ1) is 8.20. The van der Waals surface area contributed by atoms with E-state index in [1.165, 1.54) is 6.07 Å². The lowest BCUT2D eigenvalue weighted by molar-refractivity contribution is -0.388. The fourth-order valence-corrected chi connectivity index (χ4v) is 1.46. The average Bonchev–Trinajstić information content (AvgIpc) is 2.25. The van der Waals surface area contributed by atoms with Crippen LogP contribution in [0.3, 0.4) is 0 Å². The summed E-state index contributed by atoms with van der Waals surface area (Å²) in [5.74, 6) is -0.968. The fraction of sp³-hybridized carbons (Fsp3) is 0.200. The highest BCUT2D eigenvalue weighted by Gasteiger charge is 2.41. The normalized spacial score (nSPS) is 10.8. The Balaban J connectivity index is 3.81. The number of benzene rings is 1. The van der Waals surface area contributed by atoms with Crippen molar-refractivity contribution < 1.29 is 22.9 Å². The highest BCUT2D eigenvalue weighted by Crippen LogP contribution is 2.39. The second-order valence-corrected chi connectivity index (χ2v) is 3.31. The lowest BCUT2D eigenvalue weighted by Gasteiger charge is -2.10. The molecule has 5 nitrogen and oxygen atoms in total. The zero-order valence-electron chi connectivity index (χ0n) is 8.91. The van der Waals surface area contributed by atoms with Gasteiger partial charge in [-0.05, 0) is 19.1 Å². The molecule has 0 bridgehead atoms. The van der Waals surface area contributed by atoms with E-state index in [1.807, 2.05) is 0 Å². The minimum atomic E-state index is -4.97. The number of Topliss-reactive ketones (excluding diaryl/α,β-unsaturated/α-hetero) is 1. The predicted octanol–water partition coefficient (Wildman–Crippen LogP) is 2.69. The first-order valence-electron chi connectivity index (χ1n) is 4.49. The van der Waals surface area contributed by atoms with Crippen molar-refractivity contribution in [2.45, 2.75) is 13.1 Å². The molecule has 0 unspecified atom stereocenters. The summed E-state index contributed by atoms with van der Waals surface area (Å²) in [7, 11) is 0. The summed E-state index contributed by atoms with van der Waals surface area (Å²) in [5.41, 5.74) is -4.20. The number of halogens is 3. The van der Waals surface area contributed by atoms with Gasteiger partial charge in [0.1, 0.15) is 17.2 Å². The zero-order valence-corrected chi connectivity index (χ0v) is 8.91. The molecular weight excluding hydrogens is 253 g/mol. The van der Waals surface area contributed by atoms with Gasteiger partial charge in [0, 0.05) is 0 Å². The number of hydrogen-bond donors (Lipinski definition) is 0. The number of hydrogen-bond acceptors (Lipinski definition) is 4. The van der Waals surface area contributed by atoms with Crippen LogP contribution in [-0.4, -0.2) is 10.7 Å². The Hall–Kier alpha value is -2.43. The minimum Gasteiger partial charge on any atom is -0.294 e.